The minimum absolute atomic E-state index is 0.0561. The van der Waals surface area contributed by atoms with Crippen LogP contribution in [0.3, 0.4) is 0 Å². The van der Waals surface area contributed by atoms with Crippen LogP contribution in [0.1, 0.15) is 19.8 Å². The van der Waals surface area contributed by atoms with Crippen LogP contribution in [0.5, 0.6) is 0 Å². The number of hydrogen-bond donors (Lipinski definition) is 2. The molecule has 0 bridgehead atoms. The van der Waals surface area contributed by atoms with Gasteiger partial charge in [0.2, 0.25) is 0 Å². The summed E-state index contributed by atoms with van der Waals surface area (Å²) in [6.45, 7) is 4.09. The van der Waals surface area contributed by atoms with E-state index in [-0.39, 0.29) is 17.8 Å². The molecule has 1 heterocycles. The highest BCUT2D eigenvalue weighted by atomic mass is 16.2. The summed E-state index contributed by atoms with van der Waals surface area (Å²) in [5.41, 5.74) is 5.37. The first-order valence-electron chi connectivity index (χ1n) is 5.36. The van der Waals surface area contributed by atoms with Gasteiger partial charge in [-0.1, -0.05) is 6.92 Å². The first-order chi connectivity index (χ1) is 7.02. The predicted molar refractivity (Wildman–Crippen MR) is 59.9 cm³/mol. The topological polar surface area (TPSA) is 73.4 Å². The number of likely N-dealkylation sites (tertiary alicyclic amines) is 1. The Bertz CT molecular complexity index is 248. The minimum atomic E-state index is -0.0680. The highest BCUT2D eigenvalue weighted by Crippen LogP contribution is 2.10. The van der Waals surface area contributed by atoms with Crippen LogP contribution >= 0.6 is 0 Å². The number of nitrogens with zero attached hydrogens (tertiary/aromatic N) is 2. The number of rotatable bonds is 3. The first kappa shape index (κ1) is 11.8. The van der Waals surface area contributed by atoms with Gasteiger partial charge in [0, 0.05) is 32.6 Å². The molecule has 15 heavy (non-hydrogen) atoms. The Hall–Kier alpha value is -1.26. The normalized spacial score (nSPS) is 17.6. The van der Waals surface area contributed by atoms with Crippen LogP contribution in [-0.4, -0.2) is 48.3 Å². The molecule has 1 fully saturated rings. The van der Waals surface area contributed by atoms with Crippen molar-refractivity contribution in [1.82, 2.24) is 9.80 Å². The van der Waals surface area contributed by atoms with E-state index in [1.54, 1.807) is 11.9 Å². The third-order valence-electron chi connectivity index (χ3n) is 2.78. The van der Waals surface area contributed by atoms with E-state index in [1.165, 1.54) is 0 Å². The lowest BCUT2D eigenvalue weighted by Crippen LogP contribution is -2.43. The smallest absolute Gasteiger partial charge is 0.319 e. The fourth-order valence-electron chi connectivity index (χ4n) is 1.74. The predicted octanol–water partition coefficient (Wildman–Crippen LogP) is 0.706. The van der Waals surface area contributed by atoms with Gasteiger partial charge in [-0.25, -0.2) is 4.79 Å². The lowest BCUT2D eigenvalue weighted by Gasteiger charge is -2.26. The molecule has 3 N–H and O–H groups in total. The average Bonchev–Trinajstić information content (AvgIpc) is 2.68. The van der Waals surface area contributed by atoms with Crippen molar-refractivity contribution in [2.75, 3.05) is 26.7 Å². The van der Waals surface area contributed by atoms with Crippen molar-refractivity contribution in [3.8, 4) is 0 Å². The van der Waals surface area contributed by atoms with Crippen molar-refractivity contribution in [1.29, 1.82) is 5.41 Å². The van der Waals surface area contributed by atoms with E-state index in [1.807, 2.05) is 11.8 Å². The first-order valence-corrected chi connectivity index (χ1v) is 5.36. The highest BCUT2D eigenvalue weighted by molar-refractivity contribution is 5.80. The maximum Gasteiger partial charge on any atom is 0.319 e. The van der Waals surface area contributed by atoms with E-state index in [4.69, 9.17) is 11.1 Å². The van der Waals surface area contributed by atoms with Crippen LogP contribution in [0.15, 0.2) is 0 Å². The number of nitrogens with two attached hydrogens (primary N) is 1. The van der Waals surface area contributed by atoms with Crippen molar-refractivity contribution in [3.05, 3.63) is 0 Å². The van der Waals surface area contributed by atoms with Gasteiger partial charge >= 0.3 is 6.03 Å². The van der Waals surface area contributed by atoms with E-state index in [0.717, 1.165) is 25.9 Å². The van der Waals surface area contributed by atoms with Crippen molar-refractivity contribution in [2.45, 2.75) is 19.8 Å². The van der Waals surface area contributed by atoms with E-state index < -0.39 is 0 Å². The molecule has 0 radical (unpaired) electrons. The van der Waals surface area contributed by atoms with Gasteiger partial charge in [0.25, 0.3) is 0 Å². The van der Waals surface area contributed by atoms with Crippen LogP contribution in [0.4, 0.5) is 4.79 Å². The zero-order valence-electron chi connectivity index (χ0n) is 9.49. The summed E-state index contributed by atoms with van der Waals surface area (Å²) >= 11 is 0. The van der Waals surface area contributed by atoms with Crippen LogP contribution < -0.4 is 5.73 Å². The van der Waals surface area contributed by atoms with Crippen molar-refractivity contribution in [2.24, 2.45) is 11.7 Å². The summed E-state index contributed by atoms with van der Waals surface area (Å²) in [6, 6.07) is 0.0561. The Morgan fingerprint density at radius 2 is 2.07 bits per heavy atom. The molecule has 5 nitrogen and oxygen atoms in total. The number of carbonyl (C=O) groups is 1. The Kier molecular flexibility index (Phi) is 3.94. The van der Waals surface area contributed by atoms with E-state index in [0.29, 0.717) is 6.54 Å². The van der Waals surface area contributed by atoms with Crippen LogP contribution in [0.25, 0.3) is 0 Å². The van der Waals surface area contributed by atoms with E-state index >= 15 is 0 Å². The van der Waals surface area contributed by atoms with Crippen molar-refractivity contribution < 1.29 is 4.79 Å². The molecule has 1 aliphatic rings. The van der Waals surface area contributed by atoms with E-state index in [2.05, 4.69) is 0 Å². The molecular weight excluding hydrogens is 192 g/mol. The number of amides is 2. The average molecular weight is 212 g/mol. The number of urea groups is 1. The quantitative estimate of drug-likeness (QED) is 0.534. The molecule has 1 aliphatic heterocycles. The fourth-order valence-corrected chi connectivity index (χ4v) is 1.74. The van der Waals surface area contributed by atoms with Crippen molar-refractivity contribution >= 4 is 11.9 Å². The monoisotopic (exact) mass is 212 g/mol. The number of amidine groups is 1. The standard InChI is InChI=1S/C10H20N4O/c1-8(9(11)12)7-13(2)10(15)14-5-3-4-6-14/h8H,3-7H2,1-2H3,(H3,11,12). The van der Waals surface area contributed by atoms with Gasteiger partial charge in [-0.15, -0.1) is 0 Å². The Labute approximate surface area is 90.7 Å². The van der Waals surface area contributed by atoms with Gasteiger partial charge in [0.1, 0.15) is 0 Å². The molecule has 0 aromatic rings. The fraction of sp³-hybridized carbons (Fsp3) is 0.800. The summed E-state index contributed by atoms with van der Waals surface area (Å²) in [5, 5.41) is 7.27. The maximum atomic E-state index is 11.8. The molecule has 2 amide bonds. The second-order valence-corrected chi connectivity index (χ2v) is 4.21. The van der Waals surface area contributed by atoms with Gasteiger partial charge < -0.3 is 15.5 Å². The molecule has 0 aromatic heterocycles. The SMILES string of the molecule is CC(CN(C)C(=O)N1CCCC1)C(=N)N. The molecular formula is C10H20N4O. The molecule has 1 saturated heterocycles. The third kappa shape index (κ3) is 3.11. The van der Waals surface area contributed by atoms with Crippen LogP contribution in [-0.2, 0) is 0 Å². The Morgan fingerprint density at radius 3 is 2.53 bits per heavy atom. The number of carbonyl (C=O) groups excluding carboxylic acids is 1. The Morgan fingerprint density at radius 1 is 1.53 bits per heavy atom. The number of hydrogen-bond acceptors (Lipinski definition) is 2. The molecule has 1 rings (SSSR count). The number of nitrogens with one attached hydrogen (secondary N) is 1. The van der Waals surface area contributed by atoms with Crippen LogP contribution in [0.2, 0.25) is 0 Å². The summed E-state index contributed by atoms with van der Waals surface area (Å²) in [6.07, 6.45) is 2.20. The summed E-state index contributed by atoms with van der Waals surface area (Å²) in [7, 11) is 1.76. The molecule has 86 valence electrons. The molecule has 0 aliphatic carbocycles. The molecule has 1 atom stereocenters. The largest absolute Gasteiger partial charge is 0.387 e. The molecule has 5 heteroatoms. The lowest BCUT2D eigenvalue weighted by atomic mass is 10.1. The minimum Gasteiger partial charge on any atom is -0.387 e. The molecule has 0 spiro atoms. The summed E-state index contributed by atoms with van der Waals surface area (Å²) in [5.74, 6) is 0.0672. The second-order valence-electron chi connectivity index (χ2n) is 4.21. The zero-order valence-corrected chi connectivity index (χ0v) is 9.49. The highest BCUT2D eigenvalue weighted by Gasteiger charge is 2.22. The zero-order chi connectivity index (χ0) is 11.4. The summed E-state index contributed by atoms with van der Waals surface area (Å²) < 4.78 is 0. The summed E-state index contributed by atoms with van der Waals surface area (Å²) in [4.78, 5) is 15.3. The van der Waals surface area contributed by atoms with Crippen LogP contribution in [0, 0.1) is 11.3 Å². The van der Waals surface area contributed by atoms with Gasteiger partial charge in [0.05, 0.1) is 5.84 Å². The maximum absolute atomic E-state index is 11.8. The third-order valence-corrected chi connectivity index (χ3v) is 2.78. The molecule has 0 saturated carbocycles. The van der Waals surface area contributed by atoms with Gasteiger partial charge in [-0.3, -0.25) is 5.41 Å². The second kappa shape index (κ2) is 5.00. The molecule has 1 unspecified atom stereocenters. The Balaban J connectivity index is 2.41. The van der Waals surface area contributed by atoms with Gasteiger partial charge in [-0.2, -0.15) is 0 Å². The lowest BCUT2D eigenvalue weighted by molar-refractivity contribution is 0.170. The van der Waals surface area contributed by atoms with E-state index in [9.17, 15) is 4.79 Å². The molecule has 0 aromatic carbocycles. The van der Waals surface area contributed by atoms with Gasteiger partial charge in [0.15, 0.2) is 0 Å². The van der Waals surface area contributed by atoms with Crippen molar-refractivity contribution in [3.63, 3.8) is 0 Å². The van der Waals surface area contributed by atoms with Gasteiger partial charge in [-0.05, 0) is 12.8 Å².